The van der Waals surface area contributed by atoms with Crippen LogP contribution in [-0.4, -0.2) is 39.2 Å². The van der Waals surface area contributed by atoms with Gasteiger partial charge in [-0.25, -0.2) is 0 Å². The van der Waals surface area contributed by atoms with Gasteiger partial charge in [0.2, 0.25) is 0 Å². The molecular formula is C14H23BrN2O. The summed E-state index contributed by atoms with van der Waals surface area (Å²) in [7, 11) is 6.11. The van der Waals surface area contributed by atoms with Crippen LogP contribution in [0.3, 0.4) is 0 Å². The SMILES string of the molecule is CNCc1ccc(COCCCN(C)C)c(Br)c1. The fourth-order valence-corrected chi connectivity index (χ4v) is 2.23. The van der Waals surface area contributed by atoms with E-state index in [-0.39, 0.29) is 0 Å². The van der Waals surface area contributed by atoms with Crippen molar-refractivity contribution in [3.8, 4) is 0 Å². The van der Waals surface area contributed by atoms with E-state index in [4.69, 9.17) is 4.74 Å². The van der Waals surface area contributed by atoms with Crippen molar-refractivity contribution in [1.82, 2.24) is 10.2 Å². The molecule has 0 amide bonds. The van der Waals surface area contributed by atoms with Crippen LogP contribution in [-0.2, 0) is 17.9 Å². The van der Waals surface area contributed by atoms with Crippen LogP contribution >= 0.6 is 15.9 Å². The fraction of sp³-hybridized carbons (Fsp3) is 0.571. The summed E-state index contributed by atoms with van der Waals surface area (Å²) in [6.45, 7) is 3.45. The number of nitrogens with zero attached hydrogens (tertiary/aromatic N) is 1. The van der Waals surface area contributed by atoms with E-state index in [0.29, 0.717) is 6.61 Å². The van der Waals surface area contributed by atoms with Crippen LogP contribution in [0.4, 0.5) is 0 Å². The molecule has 102 valence electrons. The Hall–Kier alpha value is -0.420. The molecule has 0 aliphatic carbocycles. The summed E-state index contributed by atoms with van der Waals surface area (Å²) in [6, 6.07) is 6.41. The van der Waals surface area contributed by atoms with Gasteiger partial charge in [-0.05, 0) is 51.3 Å². The van der Waals surface area contributed by atoms with E-state index in [2.05, 4.69) is 58.4 Å². The van der Waals surface area contributed by atoms with Gasteiger partial charge in [-0.2, -0.15) is 0 Å². The van der Waals surface area contributed by atoms with Crippen molar-refractivity contribution in [2.45, 2.75) is 19.6 Å². The summed E-state index contributed by atoms with van der Waals surface area (Å²) in [4.78, 5) is 2.17. The average molecular weight is 315 g/mol. The van der Waals surface area contributed by atoms with Gasteiger partial charge in [-0.15, -0.1) is 0 Å². The molecule has 1 N–H and O–H groups in total. The molecule has 0 spiro atoms. The second kappa shape index (κ2) is 8.64. The Labute approximate surface area is 119 Å². The Morgan fingerprint density at radius 3 is 2.72 bits per heavy atom. The highest BCUT2D eigenvalue weighted by Crippen LogP contribution is 2.19. The first-order valence-electron chi connectivity index (χ1n) is 6.28. The summed E-state index contributed by atoms with van der Waals surface area (Å²) < 4.78 is 6.81. The number of nitrogens with one attached hydrogen (secondary N) is 1. The fourth-order valence-electron chi connectivity index (χ4n) is 1.69. The second-order valence-corrected chi connectivity index (χ2v) is 5.52. The van der Waals surface area contributed by atoms with Crippen molar-refractivity contribution < 1.29 is 4.74 Å². The van der Waals surface area contributed by atoms with Gasteiger partial charge in [0, 0.05) is 17.6 Å². The van der Waals surface area contributed by atoms with Crippen LogP contribution in [0.5, 0.6) is 0 Å². The van der Waals surface area contributed by atoms with Crippen molar-refractivity contribution in [3.63, 3.8) is 0 Å². The van der Waals surface area contributed by atoms with E-state index >= 15 is 0 Å². The molecule has 0 saturated heterocycles. The van der Waals surface area contributed by atoms with E-state index in [0.717, 1.165) is 30.6 Å². The third-order valence-electron chi connectivity index (χ3n) is 2.65. The zero-order chi connectivity index (χ0) is 13.4. The molecule has 18 heavy (non-hydrogen) atoms. The van der Waals surface area contributed by atoms with Gasteiger partial charge in [0.25, 0.3) is 0 Å². The number of halogens is 1. The molecule has 0 saturated carbocycles. The topological polar surface area (TPSA) is 24.5 Å². The largest absolute Gasteiger partial charge is 0.377 e. The van der Waals surface area contributed by atoms with Crippen molar-refractivity contribution in [3.05, 3.63) is 33.8 Å². The lowest BCUT2D eigenvalue weighted by atomic mass is 10.1. The third-order valence-corrected chi connectivity index (χ3v) is 3.39. The molecule has 0 fully saturated rings. The summed E-state index contributed by atoms with van der Waals surface area (Å²) in [5.41, 5.74) is 2.49. The average Bonchev–Trinajstić information content (AvgIpc) is 2.31. The van der Waals surface area contributed by atoms with Crippen LogP contribution < -0.4 is 5.32 Å². The van der Waals surface area contributed by atoms with E-state index in [1.54, 1.807) is 0 Å². The molecule has 0 aliphatic heterocycles. The highest BCUT2D eigenvalue weighted by Gasteiger charge is 2.01. The smallest absolute Gasteiger partial charge is 0.0727 e. The Bertz CT molecular complexity index is 356. The van der Waals surface area contributed by atoms with Gasteiger partial charge >= 0.3 is 0 Å². The molecule has 1 aromatic rings. The minimum absolute atomic E-state index is 0.674. The molecule has 3 nitrogen and oxygen atoms in total. The van der Waals surface area contributed by atoms with Crippen LogP contribution in [0, 0.1) is 0 Å². The zero-order valence-corrected chi connectivity index (χ0v) is 13.1. The van der Waals surface area contributed by atoms with Crippen LogP contribution in [0.25, 0.3) is 0 Å². The minimum Gasteiger partial charge on any atom is -0.377 e. The van der Waals surface area contributed by atoms with Crippen molar-refractivity contribution in [1.29, 1.82) is 0 Å². The van der Waals surface area contributed by atoms with Gasteiger partial charge in [-0.1, -0.05) is 28.1 Å². The monoisotopic (exact) mass is 314 g/mol. The van der Waals surface area contributed by atoms with E-state index in [1.165, 1.54) is 11.1 Å². The second-order valence-electron chi connectivity index (χ2n) is 4.67. The maximum absolute atomic E-state index is 5.68. The van der Waals surface area contributed by atoms with Crippen molar-refractivity contribution >= 4 is 15.9 Å². The highest BCUT2D eigenvalue weighted by molar-refractivity contribution is 9.10. The lowest BCUT2D eigenvalue weighted by Gasteiger charge is -2.11. The number of rotatable bonds is 8. The molecule has 0 bridgehead atoms. The van der Waals surface area contributed by atoms with E-state index < -0.39 is 0 Å². The predicted octanol–water partition coefficient (Wildman–Crippen LogP) is 2.64. The third kappa shape index (κ3) is 5.96. The summed E-state index contributed by atoms with van der Waals surface area (Å²) in [5.74, 6) is 0. The zero-order valence-electron chi connectivity index (χ0n) is 11.5. The molecule has 1 rings (SSSR count). The number of ether oxygens (including phenoxy) is 1. The van der Waals surface area contributed by atoms with Gasteiger partial charge in [0.05, 0.1) is 6.61 Å². The van der Waals surface area contributed by atoms with Gasteiger partial charge in [0.15, 0.2) is 0 Å². The van der Waals surface area contributed by atoms with Crippen LogP contribution in [0.2, 0.25) is 0 Å². The minimum atomic E-state index is 0.674. The molecule has 0 atom stereocenters. The lowest BCUT2D eigenvalue weighted by molar-refractivity contribution is 0.113. The Balaban J connectivity index is 2.34. The van der Waals surface area contributed by atoms with E-state index in [9.17, 15) is 0 Å². The molecule has 4 heteroatoms. The summed E-state index contributed by atoms with van der Waals surface area (Å²) in [5, 5.41) is 3.14. The lowest BCUT2D eigenvalue weighted by Crippen LogP contribution is -2.14. The normalized spacial score (nSPS) is 11.2. The predicted molar refractivity (Wildman–Crippen MR) is 79.7 cm³/mol. The Kier molecular flexibility index (Phi) is 7.51. The highest BCUT2D eigenvalue weighted by atomic mass is 79.9. The van der Waals surface area contributed by atoms with Crippen molar-refractivity contribution in [2.75, 3.05) is 34.3 Å². The summed E-state index contributed by atoms with van der Waals surface area (Å²) >= 11 is 3.59. The van der Waals surface area contributed by atoms with Crippen LogP contribution in [0.15, 0.2) is 22.7 Å². The van der Waals surface area contributed by atoms with E-state index in [1.807, 2.05) is 7.05 Å². The Morgan fingerprint density at radius 1 is 1.33 bits per heavy atom. The van der Waals surface area contributed by atoms with Crippen molar-refractivity contribution in [2.24, 2.45) is 0 Å². The standard InChI is InChI=1S/C14H23BrN2O/c1-16-10-12-5-6-13(14(15)9-12)11-18-8-4-7-17(2)3/h5-6,9,16H,4,7-8,10-11H2,1-3H3. The quantitative estimate of drug-likeness (QED) is 0.747. The van der Waals surface area contributed by atoms with Gasteiger partial charge in [-0.3, -0.25) is 0 Å². The van der Waals surface area contributed by atoms with Gasteiger partial charge in [0.1, 0.15) is 0 Å². The number of hydrogen-bond acceptors (Lipinski definition) is 3. The molecular weight excluding hydrogens is 292 g/mol. The molecule has 0 radical (unpaired) electrons. The maximum atomic E-state index is 5.68. The number of hydrogen-bond donors (Lipinski definition) is 1. The van der Waals surface area contributed by atoms with Gasteiger partial charge < -0.3 is 15.0 Å². The first kappa shape index (κ1) is 15.6. The molecule has 0 aromatic heterocycles. The van der Waals surface area contributed by atoms with Crippen LogP contribution in [0.1, 0.15) is 17.5 Å². The Morgan fingerprint density at radius 2 is 2.11 bits per heavy atom. The molecule has 0 aliphatic rings. The first-order valence-corrected chi connectivity index (χ1v) is 7.07. The summed E-state index contributed by atoms with van der Waals surface area (Å²) in [6.07, 6.45) is 1.07. The first-order chi connectivity index (χ1) is 8.63. The molecule has 0 heterocycles. The molecule has 0 unspecified atom stereocenters. The molecule has 1 aromatic carbocycles. The number of benzene rings is 1. The maximum Gasteiger partial charge on any atom is 0.0727 e.